The number of carbonyl (C=O) groups excluding carboxylic acids is 1. The summed E-state index contributed by atoms with van der Waals surface area (Å²) in [5, 5.41) is 2.85. The maximum absolute atomic E-state index is 11.3. The highest BCUT2D eigenvalue weighted by Gasteiger charge is 2.02. The third-order valence-electron chi connectivity index (χ3n) is 3.18. The van der Waals surface area contributed by atoms with Crippen molar-refractivity contribution >= 4 is 18.3 Å². The number of nitrogens with two attached hydrogens (primary N) is 1. The minimum Gasteiger partial charge on any atom is -0.352 e. The summed E-state index contributed by atoms with van der Waals surface area (Å²) >= 11 is 0. The molecular weight excluding hydrogens is 274 g/mol. The van der Waals surface area contributed by atoms with Gasteiger partial charge in [-0.2, -0.15) is 0 Å². The van der Waals surface area contributed by atoms with Gasteiger partial charge in [-0.3, -0.25) is 9.69 Å². The molecule has 0 aliphatic rings. The molecule has 0 atom stereocenters. The van der Waals surface area contributed by atoms with Crippen LogP contribution < -0.4 is 11.1 Å². The summed E-state index contributed by atoms with van der Waals surface area (Å²) in [7, 11) is 0. The van der Waals surface area contributed by atoms with E-state index >= 15 is 0 Å². The molecule has 0 saturated carbocycles. The molecule has 20 heavy (non-hydrogen) atoms. The van der Waals surface area contributed by atoms with Crippen molar-refractivity contribution in [2.45, 2.75) is 33.4 Å². The molecule has 4 nitrogen and oxygen atoms in total. The summed E-state index contributed by atoms with van der Waals surface area (Å²) in [6, 6.07) is 8.40. The third kappa shape index (κ3) is 6.89. The highest BCUT2D eigenvalue weighted by atomic mass is 35.5. The summed E-state index contributed by atoms with van der Waals surface area (Å²) in [5.74, 6) is 0.00900. The molecule has 0 unspecified atom stereocenters. The lowest BCUT2D eigenvalue weighted by Crippen LogP contribution is -2.25. The summed E-state index contributed by atoms with van der Waals surface area (Å²) in [4.78, 5) is 13.7. The van der Waals surface area contributed by atoms with Crippen molar-refractivity contribution in [2.24, 2.45) is 5.73 Å². The Morgan fingerprint density at radius 1 is 1.15 bits per heavy atom. The van der Waals surface area contributed by atoms with Crippen LogP contribution in [0.4, 0.5) is 0 Å². The number of benzene rings is 1. The number of nitrogens with one attached hydrogen (secondary N) is 1. The molecule has 1 aromatic carbocycles. The molecule has 0 aliphatic carbocycles. The van der Waals surface area contributed by atoms with Crippen LogP contribution >= 0.6 is 12.4 Å². The van der Waals surface area contributed by atoms with Gasteiger partial charge in [-0.25, -0.2) is 0 Å². The lowest BCUT2D eigenvalue weighted by atomic mass is 10.1. The second kappa shape index (κ2) is 10.7. The van der Waals surface area contributed by atoms with E-state index in [2.05, 4.69) is 48.3 Å². The van der Waals surface area contributed by atoms with Crippen LogP contribution in [-0.4, -0.2) is 30.4 Å². The Bertz CT molecular complexity index is 377. The van der Waals surface area contributed by atoms with Crippen LogP contribution in [0.1, 0.15) is 31.4 Å². The van der Waals surface area contributed by atoms with Gasteiger partial charge in [-0.15, -0.1) is 12.4 Å². The Balaban J connectivity index is 0.00000361. The van der Waals surface area contributed by atoms with E-state index < -0.39 is 0 Å². The summed E-state index contributed by atoms with van der Waals surface area (Å²) < 4.78 is 0. The van der Waals surface area contributed by atoms with E-state index in [1.807, 2.05) is 0 Å². The van der Waals surface area contributed by atoms with Gasteiger partial charge in [0.1, 0.15) is 0 Å². The first-order valence-electron chi connectivity index (χ1n) is 6.96. The smallest absolute Gasteiger partial charge is 0.221 e. The average molecular weight is 300 g/mol. The van der Waals surface area contributed by atoms with Crippen molar-refractivity contribution in [3.8, 4) is 0 Å². The first-order chi connectivity index (χ1) is 9.19. The van der Waals surface area contributed by atoms with Crippen LogP contribution in [0.3, 0.4) is 0 Å². The molecule has 0 heterocycles. The number of halogens is 1. The first kappa shape index (κ1) is 18.9. The molecule has 0 saturated heterocycles. The number of amides is 1. The maximum Gasteiger partial charge on any atom is 0.221 e. The first-order valence-corrected chi connectivity index (χ1v) is 6.96. The molecule has 0 aromatic heterocycles. The highest BCUT2D eigenvalue weighted by Crippen LogP contribution is 2.07. The zero-order valence-corrected chi connectivity index (χ0v) is 13.2. The van der Waals surface area contributed by atoms with Gasteiger partial charge in [0.2, 0.25) is 5.91 Å². The SMILES string of the molecule is CCN(CC)Cc1ccc(CNC(=O)CCN)cc1.Cl. The molecule has 1 rings (SSSR count). The van der Waals surface area contributed by atoms with Crippen molar-refractivity contribution < 1.29 is 4.79 Å². The number of nitrogens with zero attached hydrogens (tertiary/aromatic N) is 1. The van der Waals surface area contributed by atoms with E-state index in [-0.39, 0.29) is 18.3 Å². The Morgan fingerprint density at radius 2 is 1.70 bits per heavy atom. The molecule has 5 heteroatoms. The zero-order chi connectivity index (χ0) is 14.1. The minimum atomic E-state index is 0. The fourth-order valence-corrected chi connectivity index (χ4v) is 1.89. The molecule has 114 valence electrons. The van der Waals surface area contributed by atoms with Gasteiger partial charge in [0.05, 0.1) is 0 Å². The van der Waals surface area contributed by atoms with Gasteiger partial charge >= 0.3 is 0 Å². The quantitative estimate of drug-likeness (QED) is 0.771. The number of carbonyl (C=O) groups is 1. The molecule has 0 aliphatic heterocycles. The molecule has 0 spiro atoms. The summed E-state index contributed by atoms with van der Waals surface area (Å²) in [6.07, 6.45) is 0.389. The van der Waals surface area contributed by atoms with Crippen molar-refractivity contribution in [2.75, 3.05) is 19.6 Å². The lowest BCUT2D eigenvalue weighted by Gasteiger charge is -2.18. The van der Waals surface area contributed by atoms with Crippen molar-refractivity contribution in [1.82, 2.24) is 10.2 Å². The van der Waals surface area contributed by atoms with Gasteiger partial charge in [0.25, 0.3) is 0 Å². The molecule has 1 aromatic rings. The molecule has 0 radical (unpaired) electrons. The van der Waals surface area contributed by atoms with Crippen molar-refractivity contribution in [3.63, 3.8) is 0 Å². The maximum atomic E-state index is 11.3. The van der Waals surface area contributed by atoms with E-state index in [1.165, 1.54) is 5.56 Å². The summed E-state index contributed by atoms with van der Waals surface area (Å²) in [5.41, 5.74) is 7.75. The van der Waals surface area contributed by atoms with E-state index in [0.717, 1.165) is 25.2 Å². The van der Waals surface area contributed by atoms with Crippen LogP contribution in [0.15, 0.2) is 24.3 Å². The van der Waals surface area contributed by atoms with Crippen molar-refractivity contribution in [3.05, 3.63) is 35.4 Å². The Morgan fingerprint density at radius 3 is 2.20 bits per heavy atom. The highest BCUT2D eigenvalue weighted by molar-refractivity contribution is 5.85. The van der Waals surface area contributed by atoms with Gasteiger partial charge in [-0.1, -0.05) is 38.1 Å². The van der Waals surface area contributed by atoms with E-state index in [0.29, 0.717) is 19.5 Å². The average Bonchev–Trinajstić information content (AvgIpc) is 2.44. The normalized spacial score (nSPS) is 10.2. The molecule has 3 N–H and O–H groups in total. The minimum absolute atomic E-state index is 0. The topological polar surface area (TPSA) is 58.4 Å². The van der Waals surface area contributed by atoms with Crippen LogP contribution in [-0.2, 0) is 17.9 Å². The third-order valence-corrected chi connectivity index (χ3v) is 3.18. The fraction of sp³-hybridized carbons (Fsp3) is 0.533. The second-order valence-corrected chi connectivity index (χ2v) is 4.59. The van der Waals surface area contributed by atoms with Crippen molar-refractivity contribution in [1.29, 1.82) is 0 Å². The Kier molecular flexibility index (Phi) is 10.1. The number of rotatable bonds is 8. The molecule has 1 amide bonds. The Labute approximate surface area is 128 Å². The van der Waals surface area contributed by atoms with Crippen LogP contribution in [0, 0.1) is 0 Å². The van der Waals surface area contributed by atoms with E-state index in [4.69, 9.17) is 5.73 Å². The molecular formula is C15H26ClN3O. The van der Waals surface area contributed by atoms with Gasteiger partial charge in [-0.05, 0) is 24.2 Å². The van der Waals surface area contributed by atoms with Crippen LogP contribution in [0.2, 0.25) is 0 Å². The standard InChI is InChI=1S/C15H25N3O.ClH/c1-3-18(4-2)12-14-7-5-13(6-8-14)11-17-15(19)9-10-16;/h5-8H,3-4,9-12,16H2,1-2H3,(H,17,19);1H. The predicted molar refractivity (Wildman–Crippen MR) is 85.8 cm³/mol. The van der Waals surface area contributed by atoms with Crippen LogP contribution in [0.5, 0.6) is 0 Å². The fourth-order valence-electron chi connectivity index (χ4n) is 1.89. The number of hydrogen-bond acceptors (Lipinski definition) is 3. The van der Waals surface area contributed by atoms with Gasteiger partial charge in [0.15, 0.2) is 0 Å². The van der Waals surface area contributed by atoms with Gasteiger partial charge < -0.3 is 11.1 Å². The Hall–Kier alpha value is -1.10. The number of hydrogen-bond donors (Lipinski definition) is 2. The zero-order valence-electron chi connectivity index (χ0n) is 12.4. The predicted octanol–water partition coefficient (Wildman–Crippen LogP) is 1.92. The van der Waals surface area contributed by atoms with E-state index in [9.17, 15) is 4.79 Å². The molecule has 0 fully saturated rings. The van der Waals surface area contributed by atoms with Gasteiger partial charge in [0, 0.05) is 26.1 Å². The monoisotopic (exact) mass is 299 g/mol. The van der Waals surface area contributed by atoms with E-state index in [1.54, 1.807) is 0 Å². The van der Waals surface area contributed by atoms with Crippen LogP contribution in [0.25, 0.3) is 0 Å². The molecule has 0 bridgehead atoms. The summed E-state index contributed by atoms with van der Waals surface area (Å²) in [6.45, 7) is 8.42. The lowest BCUT2D eigenvalue weighted by molar-refractivity contribution is -0.121. The largest absolute Gasteiger partial charge is 0.352 e. The second-order valence-electron chi connectivity index (χ2n) is 4.59.